The van der Waals surface area contributed by atoms with Crippen LogP contribution in [0.4, 0.5) is 4.39 Å². The first-order valence-corrected chi connectivity index (χ1v) is 7.69. The molecule has 1 N–H and O–H groups in total. The van der Waals surface area contributed by atoms with Crippen LogP contribution in [0.15, 0.2) is 60.5 Å². The van der Waals surface area contributed by atoms with Crippen molar-refractivity contribution in [3.05, 3.63) is 77.6 Å². The largest absolute Gasteiger partial charge is 0.502 e. The van der Waals surface area contributed by atoms with Crippen LogP contribution in [0.25, 0.3) is 6.08 Å². The highest BCUT2D eigenvalue weighted by Gasteiger charge is 2.09. The molecule has 0 radical (unpaired) electrons. The number of esters is 1. The van der Waals surface area contributed by atoms with Crippen LogP contribution in [0, 0.1) is 5.82 Å². The second-order valence-electron chi connectivity index (χ2n) is 5.14. The average Bonchev–Trinajstić information content (AvgIpc) is 3.02. The highest BCUT2D eigenvalue weighted by Crippen LogP contribution is 2.12. The van der Waals surface area contributed by atoms with Gasteiger partial charge >= 0.3 is 5.97 Å². The Morgan fingerprint density at radius 2 is 2.00 bits per heavy atom. The summed E-state index contributed by atoms with van der Waals surface area (Å²) in [5.74, 6) is -2.57. The van der Waals surface area contributed by atoms with Crippen molar-refractivity contribution in [1.29, 1.82) is 0 Å². The van der Waals surface area contributed by atoms with Crippen molar-refractivity contribution in [1.82, 2.24) is 4.57 Å². The molecule has 0 atom stereocenters. The highest BCUT2D eigenvalue weighted by molar-refractivity contribution is 6.05. The molecule has 2 aromatic rings. The molecule has 1 aromatic carbocycles. The minimum Gasteiger partial charge on any atom is -0.502 e. The van der Waals surface area contributed by atoms with Gasteiger partial charge in [-0.1, -0.05) is 18.2 Å². The van der Waals surface area contributed by atoms with Gasteiger partial charge in [0.1, 0.15) is 5.82 Å². The Balaban J connectivity index is 2.09. The SMILES string of the molecule is CCOC(=O)/C(O)=C/C(=O)/C=C/c1cccn1Cc1ccccc1F. The number of aliphatic hydroxyl groups is 1. The van der Waals surface area contributed by atoms with Gasteiger partial charge in [0.05, 0.1) is 13.2 Å². The average molecular weight is 343 g/mol. The molecule has 0 saturated carbocycles. The first-order valence-electron chi connectivity index (χ1n) is 7.69. The van der Waals surface area contributed by atoms with Gasteiger partial charge in [-0.15, -0.1) is 0 Å². The van der Waals surface area contributed by atoms with Gasteiger partial charge in [-0.2, -0.15) is 0 Å². The summed E-state index contributed by atoms with van der Waals surface area (Å²) in [6.45, 7) is 2.01. The lowest BCUT2D eigenvalue weighted by atomic mass is 10.2. The van der Waals surface area contributed by atoms with E-state index >= 15 is 0 Å². The van der Waals surface area contributed by atoms with Crippen LogP contribution in [-0.4, -0.2) is 28.0 Å². The number of rotatable bonds is 7. The minimum absolute atomic E-state index is 0.102. The molecule has 0 aliphatic rings. The molecular formula is C19H18FNO4. The third-order valence-electron chi connectivity index (χ3n) is 3.35. The molecule has 0 saturated heterocycles. The van der Waals surface area contributed by atoms with E-state index in [1.165, 1.54) is 18.2 Å². The number of carbonyl (C=O) groups excluding carboxylic acids is 2. The quantitative estimate of drug-likeness (QED) is 0.476. The van der Waals surface area contributed by atoms with Crippen LogP contribution in [0.2, 0.25) is 0 Å². The predicted octanol–water partition coefficient (Wildman–Crippen LogP) is 3.26. The van der Waals surface area contributed by atoms with Gasteiger partial charge in [-0.25, -0.2) is 9.18 Å². The Kier molecular flexibility index (Phi) is 6.28. The van der Waals surface area contributed by atoms with Gasteiger partial charge < -0.3 is 14.4 Å². The van der Waals surface area contributed by atoms with Gasteiger partial charge in [0, 0.05) is 23.5 Å². The van der Waals surface area contributed by atoms with E-state index in [9.17, 15) is 19.1 Å². The molecule has 0 aliphatic carbocycles. The molecule has 0 amide bonds. The molecule has 0 aliphatic heterocycles. The molecule has 2 rings (SSSR count). The van der Waals surface area contributed by atoms with E-state index in [2.05, 4.69) is 4.74 Å². The maximum Gasteiger partial charge on any atom is 0.373 e. The Hall–Kier alpha value is -3.15. The van der Waals surface area contributed by atoms with Crippen LogP contribution in [0.1, 0.15) is 18.2 Å². The Morgan fingerprint density at radius 1 is 1.24 bits per heavy atom. The van der Waals surface area contributed by atoms with Crippen molar-refractivity contribution >= 4 is 17.8 Å². The maximum absolute atomic E-state index is 13.7. The highest BCUT2D eigenvalue weighted by atomic mass is 19.1. The summed E-state index contributed by atoms with van der Waals surface area (Å²) in [6.07, 6.45) is 5.29. The van der Waals surface area contributed by atoms with Gasteiger partial charge in [-0.3, -0.25) is 4.79 Å². The fraction of sp³-hybridized carbons (Fsp3) is 0.158. The van der Waals surface area contributed by atoms with Crippen molar-refractivity contribution in [3.8, 4) is 0 Å². The predicted molar refractivity (Wildman–Crippen MR) is 91.3 cm³/mol. The first kappa shape index (κ1) is 18.2. The third kappa shape index (κ3) is 5.17. The molecule has 1 heterocycles. The standard InChI is InChI=1S/C19H18FNO4/c1-2-25-19(24)18(23)12-16(22)10-9-15-7-5-11-21(15)13-14-6-3-4-8-17(14)20/h3-12,23H,2,13H2,1H3/b10-9+,18-12-. The van der Waals surface area contributed by atoms with Crippen molar-refractivity contribution in [2.45, 2.75) is 13.5 Å². The van der Waals surface area contributed by atoms with Gasteiger partial charge in [-0.05, 0) is 37.3 Å². The summed E-state index contributed by atoms with van der Waals surface area (Å²) in [7, 11) is 0. The number of aromatic nitrogens is 1. The number of ketones is 1. The summed E-state index contributed by atoms with van der Waals surface area (Å²) in [5.41, 5.74) is 1.21. The molecule has 0 spiro atoms. The lowest BCUT2D eigenvalue weighted by Gasteiger charge is -2.07. The smallest absolute Gasteiger partial charge is 0.373 e. The van der Waals surface area contributed by atoms with E-state index in [0.29, 0.717) is 17.8 Å². The topological polar surface area (TPSA) is 68.5 Å². The van der Waals surface area contributed by atoms with Gasteiger partial charge in [0.2, 0.25) is 5.76 Å². The summed E-state index contributed by atoms with van der Waals surface area (Å²) >= 11 is 0. The molecule has 0 bridgehead atoms. The van der Waals surface area contributed by atoms with Crippen molar-refractivity contribution in [2.75, 3.05) is 6.61 Å². The summed E-state index contributed by atoms with van der Waals surface area (Å²) < 4.78 is 20.1. The monoisotopic (exact) mass is 343 g/mol. The zero-order valence-electron chi connectivity index (χ0n) is 13.7. The van der Waals surface area contributed by atoms with Crippen LogP contribution in [-0.2, 0) is 20.9 Å². The lowest BCUT2D eigenvalue weighted by Crippen LogP contribution is -2.08. The molecule has 5 nitrogen and oxygen atoms in total. The van der Waals surface area contributed by atoms with Crippen LogP contribution in [0.3, 0.4) is 0 Å². The number of aliphatic hydroxyl groups excluding tert-OH is 1. The van der Waals surface area contributed by atoms with Gasteiger partial charge in [0.25, 0.3) is 0 Å². The molecule has 130 valence electrons. The number of hydrogen-bond donors (Lipinski definition) is 1. The molecule has 0 unspecified atom stereocenters. The van der Waals surface area contributed by atoms with E-state index in [-0.39, 0.29) is 12.4 Å². The number of benzene rings is 1. The molecule has 1 aromatic heterocycles. The summed E-state index contributed by atoms with van der Waals surface area (Å²) in [6, 6.07) is 9.99. The normalized spacial score (nSPS) is 11.7. The summed E-state index contributed by atoms with van der Waals surface area (Å²) in [5, 5.41) is 9.44. The van der Waals surface area contributed by atoms with Gasteiger partial charge in [0.15, 0.2) is 5.78 Å². The first-order chi connectivity index (χ1) is 12.0. The van der Waals surface area contributed by atoms with Crippen molar-refractivity contribution < 1.29 is 23.8 Å². The molecule has 25 heavy (non-hydrogen) atoms. The second kappa shape index (κ2) is 8.63. The zero-order chi connectivity index (χ0) is 18.2. The summed E-state index contributed by atoms with van der Waals surface area (Å²) in [4.78, 5) is 23.0. The Bertz CT molecular complexity index is 820. The van der Waals surface area contributed by atoms with Crippen molar-refractivity contribution in [2.24, 2.45) is 0 Å². The number of halogens is 1. The number of carbonyl (C=O) groups is 2. The van der Waals surface area contributed by atoms with E-state index in [1.807, 2.05) is 0 Å². The van der Waals surface area contributed by atoms with E-state index in [0.717, 1.165) is 6.08 Å². The van der Waals surface area contributed by atoms with E-state index in [1.54, 1.807) is 48.0 Å². The third-order valence-corrected chi connectivity index (χ3v) is 3.35. The zero-order valence-corrected chi connectivity index (χ0v) is 13.7. The molecular weight excluding hydrogens is 325 g/mol. The fourth-order valence-electron chi connectivity index (χ4n) is 2.15. The Morgan fingerprint density at radius 3 is 2.72 bits per heavy atom. The Labute approximate surface area is 144 Å². The van der Waals surface area contributed by atoms with E-state index < -0.39 is 17.5 Å². The number of ether oxygens (including phenoxy) is 1. The number of nitrogens with zero attached hydrogens (tertiary/aromatic N) is 1. The number of hydrogen-bond acceptors (Lipinski definition) is 4. The maximum atomic E-state index is 13.7. The fourth-order valence-corrected chi connectivity index (χ4v) is 2.15. The van der Waals surface area contributed by atoms with Crippen molar-refractivity contribution in [3.63, 3.8) is 0 Å². The lowest BCUT2D eigenvalue weighted by molar-refractivity contribution is -0.141. The second-order valence-corrected chi connectivity index (χ2v) is 5.14. The number of allylic oxidation sites excluding steroid dienone is 2. The molecule has 0 fully saturated rings. The van der Waals surface area contributed by atoms with Crippen LogP contribution in [0.5, 0.6) is 0 Å². The molecule has 6 heteroatoms. The van der Waals surface area contributed by atoms with Crippen LogP contribution >= 0.6 is 0 Å². The van der Waals surface area contributed by atoms with E-state index in [4.69, 9.17) is 0 Å². The minimum atomic E-state index is -0.952. The van der Waals surface area contributed by atoms with Crippen LogP contribution < -0.4 is 0 Å².